The summed E-state index contributed by atoms with van der Waals surface area (Å²) >= 11 is 0. The van der Waals surface area contributed by atoms with Gasteiger partial charge in [-0.05, 0) is 54.3 Å². The fourth-order valence-corrected chi connectivity index (χ4v) is 5.26. The van der Waals surface area contributed by atoms with E-state index in [-0.39, 0.29) is 23.6 Å². The predicted octanol–water partition coefficient (Wildman–Crippen LogP) is 6.37. The van der Waals surface area contributed by atoms with Crippen molar-refractivity contribution >= 4 is 17.5 Å². The summed E-state index contributed by atoms with van der Waals surface area (Å²) in [5, 5.41) is 6.01. The number of ketones is 1. The van der Waals surface area contributed by atoms with Crippen molar-refractivity contribution in [1.82, 2.24) is 10.3 Å². The van der Waals surface area contributed by atoms with Crippen LogP contribution < -0.4 is 15.4 Å². The molecule has 1 aromatic carbocycles. The molecule has 5 rings (SSSR count). The molecule has 1 aliphatic heterocycles. The summed E-state index contributed by atoms with van der Waals surface area (Å²) in [4.78, 5) is 31.2. The maximum atomic E-state index is 13.6. The highest BCUT2D eigenvalue weighted by Gasteiger charge is 2.47. The second-order valence-electron chi connectivity index (χ2n) is 10.8. The number of carbonyl (C=O) groups excluding carboxylic acids is 2. The van der Waals surface area contributed by atoms with Crippen LogP contribution in [0.2, 0.25) is 0 Å². The van der Waals surface area contributed by atoms with Gasteiger partial charge in [-0.3, -0.25) is 9.59 Å². The number of Topliss-reactive ketones (excluding diaryl/α,β-unsaturated/α-hetero) is 1. The molecule has 0 saturated heterocycles. The van der Waals surface area contributed by atoms with Gasteiger partial charge < -0.3 is 19.8 Å². The highest BCUT2D eigenvalue weighted by Crippen LogP contribution is 2.48. The van der Waals surface area contributed by atoms with Crippen molar-refractivity contribution in [3.63, 3.8) is 0 Å². The molecule has 0 spiro atoms. The Morgan fingerprint density at radius 3 is 2.70 bits per heavy atom. The molecule has 3 aromatic rings. The fourth-order valence-electron chi connectivity index (χ4n) is 5.26. The summed E-state index contributed by atoms with van der Waals surface area (Å²) in [6, 6.07) is 13.0. The number of halogens is 3. The van der Waals surface area contributed by atoms with Crippen molar-refractivity contribution in [2.45, 2.75) is 45.4 Å². The number of anilines is 1. The number of nitrogens with one attached hydrogen (secondary N) is 2. The quantitative estimate of drug-likeness (QED) is 0.370. The number of aromatic nitrogens is 1. The van der Waals surface area contributed by atoms with E-state index in [1.165, 1.54) is 12.1 Å². The number of furan rings is 1. The Morgan fingerprint density at radius 2 is 1.98 bits per heavy atom. The van der Waals surface area contributed by atoms with E-state index < -0.39 is 29.5 Å². The molecule has 3 heterocycles. The number of rotatable bonds is 6. The first-order valence-corrected chi connectivity index (χ1v) is 12.7. The van der Waals surface area contributed by atoms with E-state index in [2.05, 4.69) is 22.2 Å². The number of alkyl halides is 3. The molecule has 7 nitrogen and oxygen atoms in total. The predicted molar refractivity (Wildman–Crippen MR) is 141 cm³/mol. The molecule has 0 fully saturated rings. The third-order valence-corrected chi connectivity index (χ3v) is 6.98. The summed E-state index contributed by atoms with van der Waals surface area (Å²) in [5.74, 6) is -1.10. The van der Waals surface area contributed by atoms with E-state index in [0.29, 0.717) is 47.1 Å². The van der Waals surface area contributed by atoms with Gasteiger partial charge in [0.25, 0.3) is 0 Å². The molecule has 0 saturated carbocycles. The van der Waals surface area contributed by atoms with Crippen LogP contribution in [0.3, 0.4) is 0 Å². The van der Waals surface area contributed by atoms with E-state index in [0.717, 1.165) is 12.1 Å². The minimum absolute atomic E-state index is 0.0327. The number of amides is 1. The molecule has 40 heavy (non-hydrogen) atoms. The van der Waals surface area contributed by atoms with E-state index in [9.17, 15) is 22.8 Å². The summed E-state index contributed by atoms with van der Waals surface area (Å²) in [6.07, 6.45) is -2.05. The first kappa shape index (κ1) is 27.2. The third-order valence-electron chi connectivity index (χ3n) is 6.98. The molecule has 10 heteroatoms. The van der Waals surface area contributed by atoms with Crippen LogP contribution in [-0.4, -0.2) is 16.7 Å². The Morgan fingerprint density at radius 1 is 1.18 bits per heavy atom. The topological polar surface area (TPSA) is 93.5 Å². The van der Waals surface area contributed by atoms with Crippen molar-refractivity contribution in [2.24, 2.45) is 11.3 Å². The minimum Gasteiger partial charge on any atom is -0.486 e. The van der Waals surface area contributed by atoms with Gasteiger partial charge in [0, 0.05) is 29.6 Å². The Labute approximate surface area is 229 Å². The van der Waals surface area contributed by atoms with Crippen LogP contribution >= 0.6 is 0 Å². The van der Waals surface area contributed by atoms with Gasteiger partial charge in [-0.25, -0.2) is 4.98 Å². The lowest BCUT2D eigenvalue weighted by Gasteiger charge is -2.41. The molecule has 2 aliphatic rings. The van der Waals surface area contributed by atoms with Gasteiger partial charge in [0.2, 0.25) is 5.91 Å². The molecule has 2 unspecified atom stereocenters. The zero-order valence-electron chi connectivity index (χ0n) is 22.0. The summed E-state index contributed by atoms with van der Waals surface area (Å²) in [5.41, 5.74) is 0.493. The SMILES string of the molecule is C=C1NC2=C(C(=O)CC(C)(C)C2)C(c2ccc(COc3cccc(C(F)(F)F)c3)o2)C1C(=O)Nc1ccccn1. The van der Waals surface area contributed by atoms with Crippen molar-refractivity contribution in [3.8, 4) is 5.75 Å². The maximum Gasteiger partial charge on any atom is 0.416 e. The molecule has 0 bridgehead atoms. The van der Waals surface area contributed by atoms with Gasteiger partial charge >= 0.3 is 6.18 Å². The minimum atomic E-state index is -4.49. The van der Waals surface area contributed by atoms with Crippen LogP contribution in [0, 0.1) is 11.3 Å². The second kappa shape index (κ2) is 10.3. The highest BCUT2D eigenvalue weighted by atomic mass is 19.4. The first-order valence-electron chi connectivity index (χ1n) is 12.7. The number of pyridine rings is 1. The number of hydrogen-bond acceptors (Lipinski definition) is 6. The Kier molecular flexibility index (Phi) is 7.03. The summed E-state index contributed by atoms with van der Waals surface area (Å²) in [7, 11) is 0. The first-order chi connectivity index (χ1) is 18.9. The third kappa shape index (κ3) is 5.66. The van der Waals surface area contributed by atoms with E-state index in [1.54, 1.807) is 36.5 Å². The van der Waals surface area contributed by atoms with Gasteiger partial charge in [0.05, 0.1) is 17.4 Å². The molecule has 0 radical (unpaired) electrons. The van der Waals surface area contributed by atoms with E-state index >= 15 is 0 Å². The average Bonchev–Trinajstić information content (AvgIpc) is 3.35. The van der Waals surface area contributed by atoms with Gasteiger partial charge in [-0.15, -0.1) is 0 Å². The lowest BCUT2D eigenvalue weighted by molar-refractivity contribution is -0.137. The van der Waals surface area contributed by atoms with Gasteiger partial charge in [0.15, 0.2) is 5.78 Å². The van der Waals surface area contributed by atoms with Gasteiger partial charge in [-0.1, -0.05) is 32.6 Å². The van der Waals surface area contributed by atoms with Crippen molar-refractivity contribution in [3.05, 3.63) is 101 Å². The number of nitrogens with zero attached hydrogens (tertiary/aromatic N) is 1. The molecule has 2 atom stereocenters. The molecular weight excluding hydrogens is 523 g/mol. The zero-order valence-corrected chi connectivity index (χ0v) is 22.0. The monoisotopic (exact) mass is 551 g/mol. The maximum absolute atomic E-state index is 13.6. The Balaban J connectivity index is 1.46. The summed E-state index contributed by atoms with van der Waals surface area (Å²) in [6.45, 7) is 7.97. The Hall–Kier alpha value is -4.34. The Bertz CT molecular complexity index is 1490. The normalized spacial score (nSPS) is 20.5. The van der Waals surface area contributed by atoms with Crippen LogP contribution in [0.25, 0.3) is 0 Å². The van der Waals surface area contributed by atoms with Crippen molar-refractivity contribution in [1.29, 1.82) is 0 Å². The molecular formula is C30H28F3N3O4. The molecule has 2 aromatic heterocycles. The second-order valence-corrected chi connectivity index (χ2v) is 10.8. The van der Waals surface area contributed by atoms with Crippen LogP contribution in [0.4, 0.5) is 19.0 Å². The van der Waals surface area contributed by atoms with Crippen LogP contribution in [0.1, 0.15) is 49.7 Å². The number of carbonyl (C=O) groups is 2. The van der Waals surface area contributed by atoms with Crippen LogP contribution in [0.15, 0.2) is 88.8 Å². The van der Waals surface area contributed by atoms with Crippen molar-refractivity contribution in [2.75, 3.05) is 5.32 Å². The highest BCUT2D eigenvalue weighted by molar-refractivity contribution is 6.02. The fraction of sp³-hybridized carbons (Fsp3) is 0.300. The number of hydrogen-bond donors (Lipinski definition) is 2. The smallest absolute Gasteiger partial charge is 0.416 e. The van der Waals surface area contributed by atoms with Crippen LogP contribution in [-0.2, 0) is 22.4 Å². The number of benzene rings is 1. The zero-order chi connectivity index (χ0) is 28.7. The molecule has 208 valence electrons. The van der Waals surface area contributed by atoms with E-state index in [1.807, 2.05) is 13.8 Å². The molecule has 1 amide bonds. The molecule has 2 N–H and O–H groups in total. The average molecular weight is 552 g/mol. The number of ether oxygens (including phenoxy) is 1. The van der Waals surface area contributed by atoms with Crippen LogP contribution in [0.5, 0.6) is 5.75 Å². The van der Waals surface area contributed by atoms with Crippen molar-refractivity contribution < 1.29 is 31.9 Å². The standard InChI is InChI=1S/C30H28F3N3O4/c1-17-25(28(38)36-24-9-4-5-12-34-24)27(26-21(35-17)14-29(2,3)15-22(26)37)23-11-10-20(40-23)16-39-19-8-6-7-18(13-19)30(31,32)33/h4-13,25,27,35H,1,14-16H2,2-3H3,(H,34,36,38). The molecule has 1 aliphatic carbocycles. The lowest BCUT2D eigenvalue weighted by Crippen LogP contribution is -2.44. The summed E-state index contributed by atoms with van der Waals surface area (Å²) < 4.78 is 50.9. The largest absolute Gasteiger partial charge is 0.486 e. The lowest BCUT2D eigenvalue weighted by atomic mass is 9.67. The van der Waals surface area contributed by atoms with Gasteiger partial charge in [-0.2, -0.15) is 13.2 Å². The van der Waals surface area contributed by atoms with Gasteiger partial charge in [0.1, 0.15) is 29.7 Å². The number of allylic oxidation sites excluding steroid dienone is 2. The van der Waals surface area contributed by atoms with E-state index in [4.69, 9.17) is 9.15 Å².